The molecular weight excluding hydrogens is 232 g/mol. The Bertz CT molecular complexity index is 521. The molecule has 0 radical (unpaired) electrons. The van der Waals surface area contributed by atoms with Crippen LogP contribution in [0.4, 0.5) is 11.4 Å². The van der Waals surface area contributed by atoms with Crippen LogP contribution < -0.4 is 10.0 Å². The van der Waals surface area contributed by atoms with Crippen LogP contribution in [0, 0.1) is 0 Å². The normalized spacial score (nSPS) is 10.5. The predicted octanol–water partition coefficient (Wildman–Crippen LogP) is 2.38. The van der Waals surface area contributed by atoms with E-state index in [-0.39, 0.29) is 0 Å². The highest BCUT2D eigenvalue weighted by Gasteiger charge is 2.08. The van der Waals surface area contributed by atoms with Gasteiger partial charge in [-0.25, -0.2) is 4.98 Å². The Morgan fingerprint density at radius 2 is 2.18 bits per heavy atom. The Morgan fingerprint density at radius 1 is 1.41 bits per heavy atom. The summed E-state index contributed by atoms with van der Waals surface area (Å²) in [4.78, 5) is 4.34. The average Bonchev–Trinajstić information content (AvgIpc) is 2.75. The number of hydrogen-bond acceptors (Lipinski definition) is 4. The Hall–Kier alpha value is -1.62. The number of benzene rings is 1. The van der Waals surface area contributed by atoms with Gasteiger partial charge in [0.1, 0.15) is 0 Å². The third-order valence-corrected chi connectivity index (χ3v) is 3.39. The molecule has 90 valence electrons. The van der Waals surface area contributed by atoms with Crippen molar-refractivity contribution < 1.29 is 0 Å². The lowest BCUT2D eigenvalue weighted by Crippen LogP contribution is -2.07. The molecule has 1 aromatic carbocycles. The van der Waals surface area contributed by atoms with Crippen LogP contribution in [0.25, 0.3) is 11.3 Å². The number of nitrogen functional groups attached to an aromatic ring is 1. The van der Waals surface area contributed by atoms with Gasteiger partial charge in [-0.3, -0.25) is 0 Å². The topological polar surface area (TPSA) is 47.1 Å². The third-order valence-electron chi connectivity index (χ3n) is 2.64. The molecule has 0 unspecified atom stereocenters. The molecule has 0 saturated carbocycles. The summed E-state index contributed by atoms with van der Waals surface area (Å²) < 4.78 is 3.98. The van der Waals surface area contributed by atoms with Crippen molar-refractivity contribution in [3.63, 3.8) is 0 Å². The highest BCUT2D eigenvalue weighted by molar-refractivity contribution is 7.99. The summed E-state index contributed by atoms with van der Waals surface area (Å²) in [5, 5.41) is 0. The second kappa shape index (κ2) is 4.71. The Morgan fingerprint density at radius 3 is 2.76 bits per heavy atom. The number of imidazole rings is 1. The van der Waals surface area contributed by atoms with Crippen LogP contribution in [0.5, 0.6) is 0 Å². The number of anilines is 2. The number of nitrogens with zero attached hydrogens (tertiary/aromatic N) is 3. The summed E-state index contributed by atoms with van der Waals surface area (Å²) in [6.07, 6.45) is 5.81. The quantitative estimate of drug-likeness (QED) is 0.669. The number of nitrogens with two attached hydrogens (primary N) is 1. The first-order valence-corrected chi connectivity index (χ1v) is 6.45. The Labute approximate surface area is 106 Å². The molecule has 1 aromatic heterocycles. The minimum Gasteiger partial charge on any atom is -0.397 e. The first-order valence-electron chi connectivity index (χ1n) is 5.27. The molecular formula is C12H16N4S. The van der Waals surface area contributed by atoms with Crippen molar-refractivity contribution in [3.8, 4) is 11.3 Å². The van der Waals surface area contributed by atoms with Crippen LogP contribution in [0.3, 0.4) is 0 Å². The maximum Gasteiger partial charge on any atom is 0.0951 e. The minimum absolute atomic E-state index is 0.779. The Balaban J connectivity index is 2.43. The van der Waals surface area contributed by atoms with Gasteiger partial charge >= 0.3 is 0 Å². The van der Waals surface area contributed by atoms with E-state index in [2.05, 4.69) is 11.1 Å². The van der Waals surface area contributed by atoms with E-state index in [0.717, 1.165) is 22.6 Å². The molecule has 0 spiro atoms. The number of hydrogen-bond donors (Lipinski definition) is 1. The second-order valence-corrected chi connectivity index (χ2v) is 4.79. The molecule has 2 aromatic rings. The zero-order valence-corrected chi connectivity index (χ0v) is 11.0. The summed E-state index contributed by atoms with van der Waals surface area (Å²) in [6, 6.07) is 5.98. The van der Waals surface area contributed by atoms with Crippen LogP contribution in [-0.4, -0.2) is 22.9 Å². The molecule has 0 aliphatic rings. The van der Waals surface area contributed by atoms with E-state index in [1.165, 1.54) is 0 Å². The Kier molecular flexibility index (Phi) is 3.28. The molecule has 17 heavy (non-hydrogen) atoms. The molecule has 0 saturated heterocycles. The van der Waals surface area contributed by atoms with E-state index >= 15 is 0 Å². The van der Waals surface area contributed by atoms with Gasteiger partial charge in [0.25, 0.3) is 0 Å². The van der Waals surface area contributed by atoms with Crippen molar-refractivity contribution in [2.75, 3.05) is 23.3 Å². The summed E-state index contributed by atoms with van der Waals surface area (Å²) in [6.45, 7) is 0. The van der Waals surface area contributed by atoms with Gasteiger partial charge < -0.3 is 14.6 Å². The fraction of sp³-hybridized carbons (Fsp3) is 0.250. The van der Waals surface area contributed by atoms with Gasteiger partial charge in [-0.05, 0) is 12.1 Å². The third kappa shape index (κ3) is 2.39. The molecule has 5 heteroatoms. The van der Waals surface area contributed by atoms with Crippen LogP contribution >= 0.6 is 11.9 Å². The summed E-state index contributed by atoms with van der Waals surface area (Å²) in [7, 11) is 3.96. The molecule has 0 amide bonds. The lowest BCUT2D eigenvalue weighted by Gasteiger charge is -2.18. The largest absolute Gasteiger partial charge is 0.397 e. The fourth-order valence-corrected chi connectivity index (χ4v) is 1.99. The van der Waals surface area contributed by atoms with Gasteiger partial charge in [-0.1, -0.05) is 18.0 Å². The standard InChI is InChI=1S/C12H16N4S/c1-15-7-11(14-8-15)9-4-5-10(13)12(6-9)16(2)17-3/h4-8H,13H2,1-3H3. The van der Waals surface area contributed by atoms with Gasteiger partial charge in [0.05, 0.1) is 23.4 Å². The van der Waals surface area contributed by atoms with Gasteiger partial charge in [0.15, 0.2) is 0 Å². The van der Waals surface area contributed by atoms with Crippen molar-refractivity contribution in [2.45, 2.75) is 0 Å². The summed E-state index contributed by atoms with van der Waals surface area (Å²) in [5.41, 5.74) is 9.80. The van der Waals surface area contributed by atoms with Crippen LogP contribution in [0.1, 0.15) is 0 Å². The van der Waals surface area contributed by atoms with Crippen LogP contribution in [0.2, 0.25) is 0 Å². The van der Waals surface area contributed by atoms with Crippen molar-refractivity contribution in [2.24, 2.45) is 7.05 Å². The lowest BCUT2D eigenvalue weighted by atomic mass is 10.1. The van der Waals surface area contributed by atoms with Gasteiger partial charge in [-0.2, -0.15) is 0 Å². The maximum absolute atomic E-state index is 5.97. The van der Waals surface area contributed by atoms with E-state index in [1.54, 1.807) is 18.3 Å². The maximum atomic E-state index is 5.97. The molecule has 0 aliphatic heterocycles. The van der Waals surface area contributed by atoms with E-state index in [0.29, 0.717) is 0 Å². The molecule has 0 fully saturated rings. The molecule has 4 nitrogen and oxygen atoms in total. The van der Waals surface area contributed by atoms with E-state index in [9.17, 15) is 0 Å². The monoisotopic (exact) mass is 248 g/mol. The zero-order chi connectivity index (χ0) is 12.4. The van der Waals surface area contributed by atoms with Crippen molar-refractivity contribution in [1.29, 1.82) is 0 Å². The highest BCUT2D eigenvalue weighted by Crippen LogP contribution is 2.30. The second-order valence-electron chi connectivity index (χ2n) is 3.88. The van der Waals surface area contributed by atoms with Crippen molar-refractivity contribution in [1.82, 2.24) is 9.55 Å². The van der Waals surface area contributed by atoms with Crippen LogP contribution in [0.15, 0.2) is 30.7 Å². The summed E-state index contributed by atoms with van der Waals surface area (Å²) >= 11 is 1.63. The highest BCUT2D eigenvalue weighted by atomic mass is 32.2. The minimum atomic E-state index is 0.779. The number of aryl methyl sites for hydroxylation is 1. The van der Waals surface area contributed by atoms with Crippen molar-refractivity contribution in [3.05, 3.63) is 30.7 Å². The molecule has 2 rings (SSSR count). The molecule has 0 atom stereocenters. The average molecular weight is 248 g/mol. The van der Waals surface area contributed by atoms with E-state index < -0.39 is 0 Å². The van der Waals surface area contributed by atoms with Crippen LogP contribution in [-0.2, 0) is 7.05 Å². The van der Waals surface area contributed by atoms with E-state index in [4.69, 9.17) is 5.73 Å². The number of aromatic nitrogens is 2. The lowest BCUT2D eigenvalue weighted by molar-refractivity contribution is 0.913. The molecule has 1 heterocycles. The number of rotatable bonds is 3. The molecule has 0 bridgehead atoms. The first kappa shape index (κ1) is 11.9. The van der Waals surface area contributed by atoms with Gasteiger partial charge in [-0.15, -0.1) is 0 Å². The van der Waals surface area contributed by atoms with E-state index in [1.807, 2.05) is 47.6 Å². The summed E-state index contributed by atoms with van der Waals surface area (Å²) in [5.74, 6) is 0. The predicted molar refractivity (Wildman–Crippen MR) is 75.0 cm³/mol. The first-order chi connectivity index (χ1) is 8.11. The van der Waals surface area contributed by atoms with Gasteiger partial charge in [0, 0.05) is 32.1 Å². The zero-order valence-electron chi connectivity index (χ0n) is 10.2. The van der Waals surface area contributed by atoms with Gasteiger partial charge in [0.2, 0.25) is 0 Å². The smallest absolute Gasteiger partial charge is 0.0951 e. The fourth-order valence-electron chi connectivity index (χ4n) is 1.64. The molecule has 2 N–H and O–H groups in total. The molecule has 0 aliphatic carbocycles. The van der Waals surface area contributed by atoms with Crippen molar-refractivity contribution >= 4 is 23.3 Å². The SMILES string of the molecule is CSN(C)c1cc(-c2cn(C)cn2)ccc1N.